The molecule has 0 fully saturated rings. The monoisotopic (exact) mass is 617 g/mol. The lowest BCUT2D eigenvalue weighted by Gasteiger charge is -2.38. The highest BCUT2D eigenvalue weighted by molar-refractivity contribution is 6.24. The van der Waals surface area contributed by atoms with Crippen molar-refractivity contribution >= 4 is 40.1 Å². The number of fused-ring (bicyclic) bond motifs is 1. The highest BCUT2D eigenvalue weighted by Gasteiger charge is 2.43. The number of nitrogens with one attached hydrogen (secondary N) is 2. The Labute approximate surface area is 259 Å². The minimum Gasteiger partial charge on any atom is -0.496 e. The summed E-state index contributed by atoms with van der Waals surface area (Å²) >= 11 is 6.92. The molecule has 3 atom stereocenters. The molecule has 0 spiro atoms. The summed E-state index contributed by atoms with van der Waals surface area (Å²) in [6.07, 6.45) is 6.82. The number of rotatable bonds is 10. The average molecular weight is 618 g/mol. The van der Waals surface area contributed by atoms with Gasteiger partial charge >= 0.3 is 5.97 Å². The van der Waals surface area contributed by atoms with E-state index < -0.39 is 28.5 Å². The molecule has 0 aliphatic heterocycles. The Morgan fingerprint density at radius 2 is 1.89 bits per heavy atom. The molecule has 1 amide bonds. The van der Waals surface area contributed by atoms with Gasteiger partial charge in [0.05, 0.1) is 42.2 Å². The van der Waals surface area contributed by atoms with Crippen LogP contribution in [0.4, 0.5) is 4.39 Å². The van der Waals surface area contributed by atoms with Gasteiger partial charge in [0.15, 0.2) is 11.6 Å². The molecule has 4 aromatic rings. The standard InChI is InChI=1S/C34H33ClFN3O5/c1-5-9-25(20-10-6-7-12-28(20)43-3)39-32(40)19-14-15-22(21(16-19)33(41)42)34(2)23(11-8-13-30(34)35)31-37-26-17-24(36)29(44-4)18-27(26)38-31/h6-8,10-18,25,30H,5,9H2,1-4H3,(H,37,38)(H,39,40)(H,41,42)/t25?,30-,34?/m0/s1. The van der Waals surface area contributed by atoms with E-state index in [1.807, 2.05) is 38.1 Å². The van der Waals surface area contributed by atoms with E-state index in [0.29, 0.717) is 40.2 Å². The number of hydrogen-bond acceptors (Lipinski definition) is 5. The number of nitrogens with zero attached hydrogens (tertiary/aromatic N) is 1. The Hall–Kier alpha value is -4.63. The molecule has 0 saturated heterocycles. The molecule has 3 aromatic carbocycles. The van der Waals surface area contributed by atoms with Crippen molar-refractivity contribution in [3.63, 3.8) is 0 Å². The predicted octanol–water partition coefficient (Wildman–Crippen LogP) is 7.21. The maximum absolute atomic E-state index is 14.4. The van der Waals surface area contributed by atoms with Crippen molar-refractivity contribution in [2.24, 2.45) is 0 Å². The van der Waals surface area contributed by atoms with Crippen molar-refractivity contribution in [1.29, 1.82) is 0 Å². The summed E-state index contributed by atoms with van der Waals surface area (Å²) in [6, 6.07) is 14.5. The number of H-pyrrole nitrogens is 1. The number of halogens is 2. The van der Waals surface area contributed by atoms with Crippen molar-refractivity contribution in [1.82, 2.24) is 15.3 Å². The largest absolute Gasteiger partial charge is 0.496 e. The number of carbonyl (C=O) groups is 2. The fraction of sp³-hybridized carbons (Fsp3) is 0.265. The van der Waals surface area contributed by atoms with Gasteiger partial charge in [0, 0.05) is 34.2 Å². The van der Waals surface area contributed by atoms with Crippen LogP contribution >= 0.6 is 11.6 Å². The maximum atomic E-state index is 14.4. The quantitative estimate of drug-likeness (QED) is 0.162. The van der Waals surface area contributed by atoms with Gasteiger partial charge in [0.25, 0.3) is 5.91 Å². The highest BCUT2D eigenvalue weighted by Crippen LogP contribution is 2.47. The number of imidazole rings is 1. The molecule has 5 rings (SSSR count). The number of carbonyl (C=O) groups excluding carboxylic acids is 1. The molecule has 2 unspecified atom stereocenters. The molecule has 1 aliphatic rings. The Kier molecular flexibility index (Phi) is 8.78. The molecule has 8 nitrogen and oxygen atoms in total. The van der Waals surface area contributed by atoms with E-state index in [4.69, 9.17) is 21.1 Å². The number of ether oxygens (including phenoxy) is 2. The molecule has 3 N–H and O–H groups in total. The second-order valence-electron chi connectivity index (χ2n) is 10.8. The van der Waals surface area contributed by atoms with Crippen molar-refractivity contribution in [2.75, 3.05) is 14.2 Å². The molecule has 0 saturated carbocycles. The number of aromatic nitrogens is 2. The van der Waals surface area contributed by atoms with Gasteiger partial charge in [-0.3, -0.25) is 4.79 Å². The normalized spacial score (nSPS) is 18.5. The molecule has 1 heterocycles. The number of allylic oxidation sites excluding steroid dienone is 4. The number of amides is 1. The van der Waals surface area contributed by atoms with Gasteiger partial charge in [0.2, 0.25) is 0 Å². The number of aromatic carboxylic acids is 1. The lowest BCUT2D eigenvalue weighted by Crippen LogP contribution is -2.37. The van der Waals surface area contributed by atoms with Crippen LogP contribution in [0, 0.1) is 5.82 Å². The van der Waals surface area contributed by atoms with E-state index in [1.165, 1.54) is 25.3 Å². The van der Waals surface area contributed by atoms with Crippen LogP contribution in [-0.2, 0) is 5.41 Å². The summed E-state index contributed by atoms with van der Waals surface area (Å²) in [5, 5.41) is 12.8. The summed E-state index contributed by atoms with van der Waals surface area (Å²) < 4.78 is 25.0. The second kappa shape index (κ2) is 12.5. The third-order valence-electron chi connectivity index (χ3n) is 8.13. The van der Waals surface area contributed by atoms with Crippen LogP contribution in [0.1, 0.15) is 70.4 Å². The molecule has 10 heteroatoms. The van der Waals surface area contributed by atoms with Gasteiger partial charge in [-0.1, -0.05) is 55.8 Å². The summed E-state index contributed by atoms with van der Waals surface area (Å²) in [7, 11) is 2.96. The fourth-order valence-electron chi connectivity index (χ4n) is 5.78. The minimum atomic E-state index is -1.21. The summed E-state index contributed by atoms with van der Waals surface area (Å²) in [5.74, 6) is -1.05. The SMILES string of the molecule is CCCC(NC(=O)c1ccc(C2(C)C(c3nc4cc(OC)c(F)cc4[nH]3)=CC=C[C@@H]2Cl)c(C(=O)O)c1)c1ccccc1OC. The summed E-state index contributed by atoms with van der Waals surface area (Å²) in [4.78, 5) is 34.0. The number of para-hydroxylation sites is 1. The van der Waals surface area contributed by atoms with Crippen LogP contribution in [-0.4, -0.2) is 46.5 Å². The zero-order valence-corrected chi connectivity index (χ0v) is 25.5. The number of carboxylic acid groups (broad SMARTS) is 1. The number of methoxy groups -OCH3 is 2. The fourth-order valence-corrected chi connectivity index (χ4v) is 6.10. The van der Waals surface area contributed by atoms with Crippen LogP contribution in [0.3, 0.4) is 0 Å². The molecule has 44 heavy (non-hydrogen) atoms. The number of hydrogen-bond donors (Lipinski definition) is 3. The van der Waals surface area contributed by atoms with E-state index in [1.54, 1.807) is 37.5 Å². The van der Waals surface area contributed by atoms with Crippen molar-refractivity contribution in [3.8, 4) is 11.5 Å². The van der Waals surface area contributed by atoms with Gasteiger partial charge < -0.3 is 24.9 Å². The maximum Gasteiger partial charge on any atom is 0.336 e. The van der Waals surface area contributed by atoms with Crippen LogP contribution in [0.2, 0.25) is 0 Å². The van der Waals surface area contributed by atoms with E-state index >= 15 is 0 Å². The van der Waals surface area contributed by atoms with E-state index in [0.717, 1.165) is 12.0 Å². The molecule has 1 aromatic heterocycles. The second-order valence-corrected chi connectivity index (χ2v) is 11.3. The highest BCUT2D eigenvalue weighted by atomic mass is 35.5. The Morgan fingerprint density at radius 1 is 1.14 bits per heavy atom. The minimum absolute atomic E-state index is 0.0555. The topological polar surface area (TPSA) is 114 Å². The van der Waals surface area contributed by atoms with Gasteiger partial charge in [0.1, 0.15) is 11.6 Å². The predicted molar refractivity (Wildman–Crippen MR) is 168 cm³/mol. The number of alkyl halides is 1. The summed E-state index contributed by atoms with van der Waals surface area (Å²) in [5.41, 5.74) is 1.81. The van der Waals surface area contributed by atoms with Crippen molar-refractivity contribution in [3.05, 3.63) is 107 Å². The van der Waals surface area contributed by atoms with Crippen molar-refractivity contribution < 1.29 is 28.6 Å². The van der Waals surface area contributed by atoms with E-state index in [9.17, 15) is 19.1 Å². The zero-order valence-electron chi connectivity index (χ0n) is 24.8. The third kappa shape index (κ3) is 5.55. The first-order valence-corrected chi connectivity index (χ1v) is 14.6. The van der Waals surface area contributed by atoms with Gasteiger partial charge in [-0.15, -0.1) is 11.6 Å². The molecular weight excluding hydrogens is 585 g/mol. The van der Waals surface area contributed by atoms with E-state index in [-0.39, 0.29) is 22.9 Å². The van der Waals surface area contributed by atoms with Gasteiger partial charge in [-0.25, -0.2) is 14.2 Å². The van der Waals surface area contributed by atoms with Crippen molar-refractivity contribution in [2.45, 2.75) is 43.5 Å². The van der Waals surface area contributed by atoms with E-state index in [2.05, 4.69) is 15.3 Å². The van der Waals surface area contributed by atoms with Crippen LogP contribution in [0.5, 0.6) is 11.5 Å². The molecule has 1 aliphatic carbocycles. The first kappa shape index (κ1) is 30.8. The van der Waals surface area contributed by atoms with Gasteiger partial charge in [-0.2, -0.15) is 0 Å². The lowest BCUT2D eigenvalue weighted by atomic mass is 9.69. The smallest absolute Gasteiger partial charge is 0.336 e. The Bertz CT molecular complexity index is 1800. The molecular formula is C34H33ClFN3O5. The lowest BCUT2D eigenvalue weighted by molar-refractivity contribution is 0.0694. The van der Waals surface area contributed by atoms with Crippen LogP contribution < -0.4 is 14.8 Å². The molecule has 228 valence electrons. The summed E-state index contributed by atoms with van der Waals surface area (Å²) in [6.45, 7) is 3.85. The number of carboxylic acids is 1. The average Bonchev–Trinajstić information content (AvgIpc) is 3.43. The van der Waals surface area contributed by atoms with Crippen LogP contribution in [0.25, 0.3) is 16.6 Å². The first-order chi connectivity index (χ1) is 21.1. The Morgan fingerprint density at radius 3 is 2.59 bits per heavy atom. The number of benzene rings is 3. The third-order valence-corrected chi connectivity index (χ3v) is 8.72. The molecule has 0 bridgehead atoms. The first-order valence-electron chi connectivity index (χ1n) is 14.2. The van der Waals surface area contributed by atoms with Crippen LogP contribution in [0.15, 0.2) is 72.8 Å². The number of aromatic amines is 1. The zero-order chi connectivity index (χ0) is 31.6. The van der Waals surface area contributed by atoms with Gasteiger partial charge in [-0.05, 0) is 37.1 Å². The Balaban J connectivity index is 1.54. The molecule has 0 radical (unpaired) electrons.